The lowest BCUT2D eigenvalue weighted by atomic mass is 10.1. The number of nitrogens with zero attached hydrogens (tertiary/aromatic N) is 1. The Labute approximate surface area is 99.1 Å². The molecule has 0 spiro atoms. The normalized spacial score (nSPS) is 9.65. The maximum absolute atomic E-state index is 13.5. The zero-order valence-corrected chi connectivity index (χ0v) is 9.06. The van der Waals surface area contributed by atoms with Crippen molar-refractivity contribution in [1.82, 2.24) is 4.98 Å². The number of benzene rings is 1. The van der Waals surface area contributed by atoms with Crippen molar-refractivity contribution < 1.29 is 9.13 Å². The van der Waals surface area contributed by atoms with Crippen molar-refractivity contribution in [3.63, 3.8) is 0 Å². The number of pyridine rings is 1. The summed E-state index contributed by atoms with van der Waals surface area (Å²) in [5.41, 5.74) is 0.841. The number of aromatic nitrogens is 1. The Morgan fingerprint density at radius 1 is 1.35 bits per heavy atom. The molecule has 0 saturated carbocycles. The summed E-state index contributed by atoms with van der Waals surface area (Å²) in [7, 11) is 0. The van der Waals surface area contributed by atoms with Gasteiger partial charge in [-0.25, -0.2) is 4.39 Å². The zero-order valence-electron chi connectivity index (χ0n) is 9.06. The highest BCUT2D eigenvalue weighted by atomic mass is 19.1. The van der Waals surface area contributed by atoms with Crippen molar-refractivity contribution in [2.24, 2.45) is 0 Å². The third-order valence-corrected chi connectivity index (χ3v) is 2.16. The summed E-state index contributed by atoms with van der Waals surface area (Å²) in [5, 5.41) is 0. The third-order valence-electron chi connectivity index (χ3n) is 2.16. The molecule has 1 heterocycles. The lowest BCUT2D eigenvalue weighted by Gasteiger charge is -2.07. The van der Waals surface area contributed by atoms with E-state index >= 15 is 0 Å². The molecule has 84 valence electrons. The maximum Gasteiger partial charge on any atom is 0.165 e. The quantitative estimate of drug-likeness (QED) is 0.751. The average Bonchev–Trinajstić information content (AvgIpc) is 2.35. The van der Waals surface area contributed by atoms with Gasteiger partial charge in [0.15, 0.2) is 11.6 Å². The molecule has 0 bridgehead atoms. The second-order valence-corrected chi connectivity index (χ2v) is 3.44. The fourth-order valence-electron chi connectivity index (χ4n) is 1.39. The van der Waals surface area contributed by atoms with Crippen molar-refractivity contribution in [3.05, 3.63) is 54.1 Å². The lowest BCUT2D eigenvalue weighted by Crippen LogP contribution is -1.91. The van der Waals surface area contributed by atoms with Gasteiger partial charge in [0.1, 0.15) is 5.75 Å². The number of hydrogen-bond donors (Lipinski definition) is 0. The molecule has 0 aliphatic rings. The fourth-order valence-corrected chi connectivity index (χ4v) is 1.39. The molecule has 0 fully saturated rings. The highest BCUT2D eigenvalue weighted by Crippen LogP contribution is 2.24. The number of rotatable bonds is 3. The summed E-state index contributed by atoms with van der Waals surface area (Å²) in [6, 6.07) is 8.02. The summed E-state index contributed by atoms with van der Waals surface area (Å²) >= 11 is 0. The fraction of sp³-hybridized carbons (Fsp3) is 0.0714. The van der Waals surface area contributed by atoms with E-state index in [0.717, 1.165) is 5.56 Å². The zero-order chi connectivity index (χ0) is 12.1. The van der Waals surface area contributed by atoms with Crippen LogP contribution in [0.2, 0.25) is 0 Å². The highest BCUT2D eigenvalue weighted by molar-refractivity contribution is 5.35. The van der Waals surface area contributed by atoms with Crippen LogP contribution >= 0.6 is 0 Å². The molecule has 0 atom stereocenters. The molecule has 17 heavy (non-hydrogen) atoms. The minimum Gasteiger partial charge on any atom is -0.453 e. The number of ether oxygens (including phenoxy) is 1. The molecule has 2 rings (SSSR count). The number of halogens is 1. The van der Waals surface area contributed by atoms with E-state index in [9.17, 15) is 4.39 Å². The van der Waals surface area contributed by atoms with Gasteiger partial charge in [-0.05, 0) is 29.8 Å². The lowest BCUT2D eigenvalue weighted by molar-refractivity contribution is 0.440. The van der Waals surface area contributed by atoms with Gasteiger partial charge in [-0.15, -0.1) is 12.3 Å². The minimum atomic E-state index is -0.422. The molecule has 1 aromatic carbocycles. The van der Waals surface area contributed by atoms with Gasteiger partial charge in [0, 0.05) is 12.6 Å². The van der Waals surface area contributed by atoms with Crippen LogP contribution in [-0.2, 0) is 6.42 Å². The first-order chi connectivity index (χ1) is 8.29. The van der Waals surface area contributed by atoms with Crippen molar-refractivity contribution in [1.29, 1.82) is 0 Å². The molecule has 0 aliphatic carbocycles. The summed E-state index contributed by atoms with van der Waals surface area (Å²) in [5.74, 6) is 2.73. The van der Waals surface area contributed by atoms with Gasteiger partial charge in [-0.2, -0.15) is 0 Å². The van der Waals surface area contributed by atoms with Crippen LogP contribution in [0.4, 0.5) is 4.39 Å². The van der Waals surface area contributed by atoms with E-state index in [1.165, 1.54) is 12.3 Å². The van der Waals surface area contributed by atoms with Crippen LogP contribution < -0.4 is 4.74 Å². The van der Waals surface area contributed by atoms with Crippen LogP contribution in [0, 0.1) is 18.2 Å². The van der Waals surface area contributed by atoms with E-state index in [1.807, 2.05) is 0 Å². The van der Waals surface area contributed by atoms with Gasteiger partial charge < -0.3 is 4.74 Å². The second kappa shape index (κ2) is 5.13. The Balaban J connectivity index is 2.26. The Morgan fingerprint density at radius 2 is 2.24 bits per heavy atom. The summed E-state index contributed by atoms with van der Waals surface area (Å²) < 4.78 is 18.9. The summed E-state index contributed by atoms with van der Waals surface area (Å²) in [6.45, 7) is 0. The third kappa shape index (κ3) is 2.82. The largest absolute Gasteiger partial charge is 0.453 e. The van der Waals surface area contributed by atoms with Gasteiger partial charge >= 0.3 is 0 Å². The first-order valence-electron chi connectivity index (χ1n) is 5.09. The van der Waals surface area contributed by atoms with Crippen LogP contribution in [0.5, 0.6) is 11.5 Å². The topological polar surface area (TPSA) is 22.1 Å². The van der Waals surface area contributed by atoms with Crippen molar-refractivity contribution in [2.45, 2.75) is 6.42 Å². The summed E-state index contributed by atoms with van der Waals surface area (Å²) in [4.78, 5) is 3.89. The Bertz CT molecular complexity index is 546. The van der Waals surface area contributed by atoms with E-state index in [0.29, 0.717) is 12.2 Å². The molecule has 2 nitrogen and oxygen atoms in total. The predicted molar refractivity (Wildman–Crippen MR) is 63.2 cm³/mol. The van der Waals surface area contributed by atoms with Crippen LogP contribution in [-0.4, -0.2) is 4.98 Å². The molecular weight excluding hydrogens is 217 g/mol. The molecule has 0 amide bonds. The highest BCUT2D eigenvalue weighted by Gasteiger charge is 2.05. The second-order valence-electron chi connectivity index (χ2n) is 3.44. The van der Waals surface area contributed by atoms with E-state index in [2.05, 4.69) is 10.9 Å². The molecule has 0 N–H and O–H groups in total. The number of hydrogen-bond acceptors (Lipinski definition) is 2. The maximum atomic E-state index is 13.5. The molecule has 0 aliphatic heterocycles. The van der Waals surface area contributed by atoms with Crippen LogP contribution in [0.1, 0.15) is 5.56 Å². The molecule has 2 aromatic rings. The Kier molecular flexibility index (Phi) is 3.37. The van der Waals surface area contributed by atoms with E-state index < -0.39 is 5.82 Å². The molecule has 0 saturated heterocycles. The molecule has 0 radical (unpaired) electrons. The molecule has 3 heteroatoms. The van der Waals surface area contributed by atoms with Crippen LogP contribution in [0.25, 0.3) is 0 Å². The van der Waals surface area contributed by atoms with Crippen molar-refractivity contribution in [2.75, 3.05) is 0 Å². The van der Waals surface area contributed by atoms with Gasteiger partial charge in [0.25, 0.3) is 0 Å². The van der Waals surface area contributed by atoms with Crippen molar-refractivity contribution >= 4 is 0 Å². The number of terminal acetylenes is 1. The summed E-state index contributed by atoms with van der Waals surface area (Å²) in [6.07, 6.45) is 8.80. The Hall–Kier alpha value is -2.34. The standard InChI is InChI=1S/C14H10FNO/c1-2-4-11-6-7-13(15)14(9-11)17-12-5-3-8-16-10-12/h1,3,5-10H,4H2. The average molecular weight is 227 g/mol. The van der Waals surface area contributed by atoms with Gasteiger partial charge in [0.2, 0.25) is 0 Å². The van der Waals surface area contributed by atoms with Crippen molar-refractivity contribution in [3.8, 4) is 23.8 Å². The predicted octanol–water partition coefficient (Wildman–Crippen LogP) is 3.19. The van der Waals surface area contributed by atoms with Crippen LogP contribution in [0.3, 0.4) is 0 Å². The minimum absolute atomic E-state index is 0.158. The monoisotopic (exact) mass is 227 g/mol. The molecule has 1 aromatic heterocycles. The van der Waals surface area contributed by atoms with E-state index in [-0.39, 0.29) is 5.75 Å². The molecule has 0 unspecified atom stereocenters. The first kappa shape index (κ1) is 11.2. The Morgan fingerprint density at radius 3 is 2.94 bits per heavy atom. The molecular formula is C14H10FNO. The van der Waals surface area contributed by atoms with Gasteiger partial charge in [-0.1, -0.05) is 6.07 Å². The van der Waals surface area contributed by atoms with E-state index in [1.54, 1.807) is 30.5 Å². The van der Waals surface area contributed by atoms with Gasteiger partial charge in [-0.3, -0.25) is 4.98 Å². The van der Waals surface area contributed by atoms with Gasteiger partial charge in [0.05, 0.1) is 6.20 Å². The SMILES string of the molecule is C#CCc1ccc(F)c(Oc2cccnc2)c1. The smallest absolute Gasteiger partial charge is 0.165 e. The first-order valence-corrected chi connectivity index (χ1v) is 5.09. The van der Waals surface area contributed by atoms with Crippen LogP contribution in [0.15, 0.2) is 42.7 Å². The van der Waals surface area contributed by atoms with E-state index in [4.69, 9.17) is 11.2 Å².